The van der Waals surface area contributed by atoms with Crippen molar-refractivity contribution in [3.05, 3.63) is 14.9 Å². The van der Waals surface area contributed by atoms with E-state index < -0.39 is 0 Å². The first-order valence-electron chi connectivity index (χ1n) is 6.16. The van der Waals surface area contributed by atoms with E-state index in [1.54, 1.807) is 26.0 Å². The number of nitrogens with zero attached hydrogens (tertiary/aromatic N) is 3. The Balaban J connectivity index is 3.18. The van der Waals surface area contributed by atoms with Crippen molar-refractivity contribution in [1.82, 2.24) is 5.01 Å². The summed E-state index contributed by atoms with van der Waals surface area (Å²) in [6.45, 7) is 8.58. The molecule has 0 radical (unpaired) electrons. The molecule has 0 unspecified atom stereocenters. The maximum atomic E-state index is 12.0. The van der Waals surface area contributed by atoms with Crippen molar-refractivity contribution in [1.29, 1.82) is 0 Å². The third-order valence-electron chi connectivity index (χ3n) is 2.24. The summed E-state index contributed by atoms with van der Waals surface area (Å²) >= 11 is -0.0365. The van der Waals surface area contributed by atoms with Gasteiger partial charge in [0.15, 0.2) is 0 Å². The molecule has 1 rings (SSSR count). The Bertz CT molecular complexity index is 473. The molecule has 5 nitrogen and oxygen atoms in total. The van der Waals surface area contributed by atoms with Crippen molar-refractivity contribution in [3.63, 3.8) is 0 Å². The number of esters is 1. The van der Waals surface area contributed by atoms with E-state index >= 15 is 0 Å². The molecular weight excluding hydrogens is 309 g/mol. The van der Waals surface area contributed by atoms with Gasteiger partial charge in [0, 0.05) is 0 Å². The molecule has 0 saturated carbocycles. The zero-order valence-electron chi connectivity index (χ0n) is 12.4. The molecule has 0 atom stereocenters. The van der Waals surface area contributed by atoms with Crippen LogP contribution >= 0.6 is 0 Å². The van der Waals surface area contributed by atoms with Gasteiger partial charge in [0.25, 0.3) is 0 Å². The molecule has 0 bridgehead atoms. The molecule has 0 aliphatic rings. The van der Waals surface area contributed by atoms with Crippen molar-refractivity contribution < 1.29 is 9.53 Å². The van der Waals surface area contributed by atoms with E-state index in [1.807, 2.05) is 6.07 Å². The van der Waals surface area contributed by atoms with Crippen LogP contribution in [0.1, 0.15) is 41.4 Å². The number of hydrogen-bond donors (Lipinski definition) is 0. The van der Waals surface area contributed by atoms with Gasteiger partial charge in [-0.3, -0.25) is 0 Å². The van der Waals surface area contributed by atoms with Crippen LogP contribution in [0, 0.1) is 0 Å². The first-order chi connectivity index (χ1) is 8.75. The Morgan fingerprint density at radius 3 is 2.53 bits per heavy atom. The van der Waals surface area contributed by atoms with Crippen LogP contribution in [0.2, 0.25) is 0 Å². The van der Waals surface area contributed by atoms with Gasteiger partial charge in [-0.15, -0.1) is 0 Å². The maximum absolute atomic E-state index is 12.0. The first kappa shape index (κ1) is 15.9. The number of hydrogen-bond acceptors (Lipinski definition) is 4. The van der Waals surface area contributed by atoms with E-state index in [4.69, 9.17) is 4.74 Å². The van der Waals surface area contributed by atoms with Gasteiger partial charge in [0.2, 0.25) is 0 Å². The molecule has 0 N–H and O–H groups in total. The number of ether oxygens (including phenoxy) is 1. The fourth-order valence-corrected chi connectivity index (χ4v) is 3.49. The molecule has 0 fully saturated rings. The second kappa shape index (κ2) is 6.35. The van der Waals surface area contributed by atoms with Gasteiger partial charge in [-0.05, 0) is 0 Å². The third kappa shape index (κ3) is 4.48. The van der Waals surface area contributed by atoms with Crippen LogP contribution in [0.5, 0.6) is 0 Å². The molecule has 6 heteroatoms. The number of carbonyl (C=O) groups is 1. The summed E-state index contributed by atoms with van der Waals surface area (Å²) in [7, 11) is 3.59. The zero-order valence-corrected chi connectivity index (χ0v) is 14.1. The Labute approximate surface area is 120 Å². The molecule has 0 spiro atoms. The Kier molecular flexibility index (Phi) is 5.32. The van der Waals surface area contributed by atoms with Gasteiger partial charge >= 0.3 is 120 Å². The molecule has 0 amide bonds. The summed E-state index contributed by atoms with van der Waals surface area (Å²) in [6, 6.07) is 1.97. The van der Waals surface area contributed by atoms with Gasteiger partial charge < -0.3 is 0 Å². The van der Waals surface area contributed by atoms with Crippen molar-refractivity contribution in [2.24, 2.45) is 10.3 Å². The molecule has 0 aliphatic carbocycles. The first-order valence-corrected chi connectivity index (χ1v) is 7.87. The second-order valence-electron chi connectivity index (χ2n) is 5.33. The van der Waals surface area contributed by atoms with E-state index in [0.717, 1.165) is 0 Å². The Morgan fingerprint density at radius 2 is 2.05 bits per heavy atom. The molecular formula is C13H21N3O2Se. The van der Waals surface area contributed by atoms with Gasteiger partial charge in [0.1, 0.15) is 0 Å². The van der Waals surface area contributed by atoms with E-state index in [1.165, 1.54) is 4.44 Å². The molecule has 1 aromatic heterocycles. The Morgan fingerprint density at radius 1 is 1.42 bits per heavy atom. The van der Waals surface area contributed by atoms with Crippen molar-refractivity contribution in [3.8, 4) is 0 Å². The summed E-state index contributed by atoms with van der Waals surface area (Å²) in [5.74, 6) is -0.272. The monoisotopic (exact) mass is 331 g/mol. The van der Waals surface area contributed by atoms with Crippen LogP contribution in [0.3, 0.4) is 0 Å². The van der Waals surface area contributed by atoms with Crippen LogP contribution in [0.4, 0.5) is 5.69 Å². The molecule has 106 valence electrons. The van der Waals surface area contributed by atoms with Crippen molar-refractivity contribution in [2.45, 2.75) is 33.1 Å². The minimum atomic E-state index is -0.272. The molecule has 1 aromatic rings. The van der Waals surface area contributed by atoms with E-state index in [2.05, 4.69) is 31.1 Å². The predicted octanol–water partition coefficient (Wildman–Crippen LogP) is 2.78. The number of rotatable bonds is 4. The average Bonchev–Trinajstić information content (AvgIpc) is 2.70. The average molecular weight is 330 g/mol. The SMILES string of the molecule is CCOC(=O)c1[se]c(C(C)(C)C)cc1/N=N/N(C)C. The summed E-state index contributed by atoms with van der Waals surface area (Å²) in [5.41, 5.74) is 0.671. The van der Waals surface area contributed by atoms with Crippen LogP contribution < -0.4 is 0 Å². The third-order valence-corrected chi connectivity index (χ3v) is 5.45. The minimum absolute atomic E-state index is 0.0349. The topological polar surface area (TPSA) is 54.3 Å². The van der Waals surface area contributed by atoms with Crippen molar-refractivity contribution in [2.75, 3.05) is 20.7 Å². The Hall–Kier alpha value is -1.13. The predicted molar refractivity (Wildman–Crippen MR) is 76.2 cm³/mol. The standard InChI is InChI=1S/C13H21N3O2Se/c1-7-18-12(17)11-9(14-15-16(5)6)8-10(19-11)13(2,3)4/h8H,7H2,1-6H3/b15-14+. The van der Waals surface area contributed by atoms with Gasteiger partial charge in [-0.1, -0.05) is 0 Å². The van der Waals surface area contributed by atoms with Gasteiger partial charge in [0.05, 0.1) is 0 Å². The second-order valence-corrected chi connectivity index (χ2v) is 7.54. The summed E-state index contributed by atoms with van der Waals surface area (Å²) < 4.78 is 6.98. The molecule has 1 heterocycles. The van der Waals surface area contributed by atoms with Crippen LogP contribution in [-0.2, 0) is 10.2 Å². The molecule has 0 aromatic carbocycles. The zero-order chi connectivity index (χ0) is 14.6. The van der Waals surface area contributed by atoms with Crippen molar-refractivity contribution >= 4 is 26.2 Å². The quantitative estimate of drug-likeness (QED) is 0.369. The molecule has 19 heavy (non-hydrogen) atoms. The molecule has 0 aliphatic heterocycles. The van der Waals surface area contributed by atoms with Gasteiger partial charge in [-0.2, -0.15) is 0 Å². The van der Waals surface area contributed by atoms with Crippen LogP contribution in [-0.4, -0.2) is 46.2 Å². The normalized spacial score (nSPS) is 11.9. The summed E-state index contributed by atoms with van der Waals surface area (Å²) in [5, 5.41) is 9.72. The van der Waals surface area contributed by atoms with Gasteiger partial charge in [-0.25, -0.2) is 0 Å². The van der Waals surface area contributed by atoms with E-state index in [0.29, 0.717) is 16.7 Å². The number of carbonyl (C=O) groups excluding carboxylic acids is 1. The van der Waals surface area contributed by atoms with E-state index in [-0.39, 0.29) is 25.9 Å². The molecule has 0 saturated heterocycles. The fraction of sp³-hybridized carbons (Fsp3) is 0.615. The van der Waals surface area contributed by atoms with Crippen LogP contribution in [0.25, 0.3) is 0 Å². The summed E-state index contributed by atoms with van der Waals surface area (Å²) in [4.78, 5) is 12.0. The fourth-order valence-electron chi connectivity index (χ4n) is 1.31. The van der Waals surface area contributed by atoms with E-state index in [9.17, 15) is 4.79 Å². The van der Waals surface area contributed by atoms with Crippen LogP contribution in [0.15, 0.2) is 16.4 Å². The summed E-state index contributed by atoms with van der Waals surface area (Å²) in [6.07, 6.45) is 0.